The van der Waals surface area contributed by atoms with Gasteiger partial charge >= 0.3 is 6.18 Å². The number of aromatic nitrogens is 1. The first-order chi connectivity index (χ1) is 13.5. The van der Waals surface area contributed by atoms with Gasteiger partial charge in [-0.25, -0.2) is 4.98 Å². The normalized spacial score (nSPS) is 24.6. The second kappa shape index (κ2) is 8.55. The number of halogens is 3. The number of hydrogen-bond acceptors (Lipinski definition) is 5. The quantitative estimate of drug-likeness (QED) is 0.782. The molecule has 0 radical (unpaired) electrons. The lowest BCUT2D eigenvalue weighted by molar-refractivity contribution is -0.141. The molecule has 1 aromatic rings. The highest BCUT2D eigenvalue weighted by atomic mass is 19.4. The topological polar surface area (TPSA) is 31.8 Å². The molecule has 0 amide bonds. The van der Waals surface area contributed by atoms with Crippen molar-refractivity contribution >= 4 is 5.82 Å². The maximum Gasteiger partial charge on any atom is 0.433 e. The monoisotopic (exact) mass is 398 g/mol. The van der Waals surface area contributed by atoms with E-state index in [9.17, 15) is 13.2 Å². The highest BCUT2D eigenvalue weighted by molar-refractivity contribution is 5.40. The van der Waals surface area contributed by atoms with Gasteiger partial charge in [0, 0.05) is 51.5 Å². The number of piperidine rings is 1. The van der Waals surface area contributed by atoms with Gasteiger partial charge < -0.3 is 14.5 Å². The Labute approximate surface area is 164 Å². The van der Waals surface area contributed by atoms with Crippen LogP contribution in [-0.4, -0.2) is 79.3 Å². The van der Waals surface area contributed by atoms with Crippen molar-refractivity contribution in [3.8, 4) is 0 Å². The van der Waals surface area contributed by atoms with Crippen molar-refractivity contribution in [1.82, 2.24) is 14.8 Å². The summed E-state index contributed by atoms with van der Waals surface area (Å²) >= 11 is 0. The molecule has 3 aliphatic heterocycles. The minimum Gasteiger partial charge on any atom is -0.381 e. The number of alkyl halides is 3. The molecule has 0 aliphatic carbocycles. The number of hydrogen-bond donors (Lipinski definition) is 0. The Kier molecular flexibility index (Phi) is 6.08. The number of pyridine rings is 1. The second-order valence-electron chi connectivity index (χ2n) is 8.01. The lowest BCUT2D eigenvalue weighted by atomic mass is 9.98. The number of likely N-dealkylation sites (tertiary alicyclic amines) is 1. The van der Waals surface area contributed by atoms with Crippen LogP contribution < -0.4 is 4.90 Å². The summed E-state index contributed by atoms with van der Waals surface area (Å²) in [5.41, 5.74) is -0.812. The zero-order valence-electron chi connectivity index (χ0n) is 16.2. The molecule has 0 saturated carbocycles. The van der Waals surface area contributed by atoms with Crippen LogP contribution in [0.3, 0.4) is 0 Å². The summed E-state index contributed by atoms with van der Waals surface area (Å²) in [6.45, 7) is 7.30. The standard InChI is InChI=1S/C20H29F3N4O/c21-20(22,23)18-2-1-3-19(24-18)27-12-10-26(11-13-27)16-4-8-25(9-5-16)17-6-14-28-15-7-17/h1-3,16-17H,4-15H2. The fourth-order valence-corrected chi connectivity index (χ4v) is 4.74. The second-order valence-corrected chi connectivity index (χ2v) is 8.01. The Morgan fingerprint density at radius 2 is 1.43 bits per heavy atom. The molecule has 0 aromatic carbocycles. The van der Waals surface area contributed by atoms with E-state index in [1.165, 1.54) is 18.9 Å². The molecule has 5 nitrogen and oxygen atoms in total. The van der Waals surface area contributed by atoms with Crippen molar-refractivity contribution in [3.05, 3.63) is 23.9 Å². The van der Waals surface area contributed by atoms with Crippen LogP contribution in [0.15, 0.2) is 18.2 Å². The van der Waals surface area contributed by atoms with Gasteiger partial charge in [0.1, 0.15) is 11.5 Å². The lowest BCUT2D eigenvalue weighted by Gasteiger charge is -2.45. The van der Waals surface area contributed by atoms with Crippen LogP contribution in [0.25, 0.3) is 0 Å². The summed E-state index contributed by atoms with van der Waals surface area (Å²) in [5.74, 6) is 0.434. The molecule has 0 N–H and O–H groups in total. The minimum absolute atomic E-state index is 0.434. The van der Waals surface area contributed by atoms with Gasteiger partial charge in [-0.3, -0.25) is 4.90 Å². The van der Waals surface area contributed by atoms with Crippen molar-refractivity contribution in [2.45, 2.75) is 43.9 Å². The number of rotatable bonds is 3. The van der Waals surface area contributed by atoms with E-state index >= 15 is 0 Å². The third-order valence-electron chi connectivity index (χ3n) is 6.39. The highest BCUT2D eigenvalue weighted by Gasteiger charge is 2.34. The summed E-state index contributed by atoms with van der Waals surface area (Å²) < 4.78 is 44.2. The van der Waals surface area contributed by atoms with Crippen molar-refractivity contribution in [1.29, 1.82) is 0 Å². The van der Waals surface area contributed by atoms with E-state index in [0.717, 1.165) is 71.4 Å². The molecular formula is C20H29F3N4O. The first-order valence-electron chi connectivity index (χ1n) is 10.4. The number of piperazine rings is 1. The van der Waals surface area contributed by atoms with E-state index in [1.807, 2.05) is 4.90 Å². The maximum atomic E-state index is 12.9. The number of nitrogens with zero attached hydrogens (tertiary/aromatic N) is 4. The number of ether oxygens (including phenoxy) is 1. The summed E-state index contributed by atoms with van der Waals surface area (Å²) in [7, 11) is 0. The predicted molar refractivity (Wildman–Crippen MR) is 101 cm³/mol. The van der Waals surface area contributed by atoms with Gasteiger partial charge in [-0.1, -0.05) is 6.07 Å². The first kappa shape index (κ1) is 19.9. The Morgan fingerprint density at radius 1 is 0.821 bits per heavy atom. The van der Waals surface area contributed by atoms with E-state index in [4.69, 9.17) is 4.74 Å². The van der Waals surface area contributed by atoms with E-state index in [0.29, 0.717) is 17.9 Å². The van der Waals surface area contributed by atoms with E-state index in [2.05, 4.69) is 14.8 Å². The zero-order valence-corrected chi connectivity index (χ0v) is 16.2. The molecular weight excluding hydrogens is 369 g/mol. The van der Waals surface area contributed by atoms with Gasteiger partial charge in [0.05, 0.1) is 0 Å². The maximum absolute atomic E-state index is 12.9. The third-order valence-corrected chi connectivity index (χ3v) is 6.39. The van der Waals surface area contributed by atoms with Gasteiger partial charge in [-0.15, -0.1) is 0 Å². The van der Waals surface area contributed by atoms with Gasteiger partial charge in [-0.05, 0) is 50.9 Å². The molecule has 3 aliphatic rings. The summed E-state index contributed by atoms with van der Waals surface area (Å²) in [4.78, 5) is 11.0. The summed E-state index contributed by atoms with van der Waals surface area (Å²) in [6, 6.07) is 5.43. The van der Waals surface area contributed by atoms with Crippen LogP contribution in [0, 0.1) is 0 Å². The molecule has 8 heteroatoms. The smallest absolute Gasteiger partial charge is 0.381 e. The van der Waals surface area contributed by atoms with Gasteiger partial charge in [-0.2, -0.15) is 13.2 Å². The third kappa shape index (κ3) is 4.60. The molecule has 0 unspecified atom stereocenters. The van der Waals surface area contributed by atoms with Crippen LogP contribution in [0.2, 0.25) is 0 Å². The van der Waals surface area contributed by atoms with E-state index in [-0.39, 0.29) is 0 Å². The van der Waals surface area contributed by atoms with Crippen LogP contribution >= 0.6 is 0 Å². The Bertz CT molecular complexity index is 635. The van der Waals surface area contributed by atoms with Crippen molar-refractivity contribution in [2.75, 3.05) is 57.4 Å². The Morgan fingerprint density at radius 3 is 2.07 bits per heavy atom. The zero-order chi connectivity index (χ0) is 19.6. The van der Waals surface area contributed by atoms with Gasteiger partial charge in [0.25, 0.3) is 0 Å². The number of anilines is 1. The molecule has 0 atom stereocenters. The van der Waals surface area contributed by atoms with Crippen molar-refractivity contribution < 1.29 is 17.9 Å². The molecule has 4 rings (SSSR count). The predicted octanol–water partition coefficient (Wildman–Crippen LogP) is 2.87. The van der Waals surface area contributed by atoms with Crippen LogP contribution in [0.4, 0.5) is 19.0 Å². The van der Waals surface area contributed by atoms with Crippen LogP contribution in [0.5, 0.6) is 0 Å². The summed E-state index contributed by atoms with van der Waals surface area (Å²) in [5, 5.41) is 0. The fourth-order valence-electron chi connectivity index (χ4n) is 4.74. The SMILES string of the molecule is FC(F)(F)c1cccc(N2CCN(C3CCN(C4CCOCC4)CC3)CC2)n1. The van der Waals surface area contributed by atoms with Crippen molar-refractivity contribution in [3.63, 3.8) is 0 Å². The van der Waals surface area contributed by atoms with Crippen LogP contribution in [-0.2, 0) is 10.9 Å². The Hall–Kier alpha value is -1.38. The first-order valence-corrected chi connectivity index (χ1v) is 10.4. The minimum atomic E-state index is -4.39. The molecule has 3 saturated heterocycles. The average Bonchev–Trinajstić information content (AvgIpc) is 2.74. The van der Waals surface area contributed by atoms with Gasteiger partial charge in [0.15, 0.2) is 0 Å². The molecule has 0 bridgehead atoms. The fraction of sp³-hybridized carbons (Fsp3) is 0.750. The highest BCUT2D eigenvalue weighted by Crippen LogP contribution is 2.29. The molecule has 3 fully saturated rings. The Balaban J connectivity index is 1.27. The largest absolute Gasteiger partial charge is 0.433 e. The van der Waals surface area contributed by atoms with E-state index < -0.39 is 11.9 Å². The molecule has 1 aromatic heterocycles. The lowest BCUT2D eigenvalue weighted by Crippen LogP contribution is -2.54. The molecule has 156 valence electrons. The molecule has 28 heavy (non-hydrogen) atoms. The van der Waals surface area contributed by atoms with Gasteiger partial charge in [0.2, 0.25) is 0 Å². The van der Waals surface area contributed by atoms with Crippen LogP contribution in [0.1, 0.15) is 31.4 Å². The molecule has 4 heterocycles. The average molecular weight is 398 g/mol. The summed E-state index contributed by atoms with van der Waals surface area (Å²) in [6.07, 6.45) is 0.259. The van der Waals surface area contributed by atoms with Crippen molar-refractivity contribution in [2.24, 2.45) is 0 Å². The van der Waals surface area contributed by atoms with E-state index in [1.54, 1.807) is 6.07 Å². The molecule has 0 spiro atoms.